The van der Waals surface area contributed by atoms with Crippen molar-refractivity contribution in [3.05, 3.63) is 6.33 Å². The van der Waals surface area contributed by atoms with E-state index < -0.39 is 18.2 Å². The van der Waals surface area contributed by atoms with Gasteiger partial charge in [0.05, 0.1) is 25.6 Å². The Morgan fingerprint density at radius 3 is 2.89 bits per heavy atom. The van der Waals surface area contributed by atoms with Crippen LogP contribution in [0.3, 0.4) is 0 Å². The van der Waals surface area contributed by atoms with Crippen LogP contribution in [0.1, 0.15) is 6.04 Å². The van der Waals surface area contributed by atoms with E-state index in [-0.39, 0.29) is 25.0 Å². The van der Waals surface area contributed by atoms with Crippen LogP contribution in [-0.2, 0) is 4.74 Å². The fourth-order valence-electron chi connectivity index (χ4n) is 2.27. The first-order chi connectivity index (χ1) is 9.11. The summed E-state index contributed by atoms with van der Waals surface area (Å²) >= 11 is 0. The molecule has 1 fully saturated rings. The zero-order chi connectivity index (χ0) is 13.6. The van der Waals surface area contributed by atoms with Crippen LogP contribution in [-0.4, -0.2) is 55.2 Å². The Morgan fingerprint density at radius 1 is 1.42 bits per heavy atom. The minimum Gasteiger partial charge on any atom is -0.394 e. The van der Waals surface area contributed by atoms with Gasteiger partial charge in [0.2, 0.25) is 5.95 Å². The second kappa shape index (κ2) is 4.30. The molecule has 0 saturated carbocycles. The largest absolute Gasteiger partial charge is 0.394 e. The number of rotatable bonds is 2. The van der Waals surface area contributed by atoms with Gasteiger partial charge in [-0.3, -0.25) is 0 Å². The third-order valence-electron chi connectivity index (χ3n) is 3.26. The third kappa shape index (κ3) is 1.79. The van der Waals surface area contributed by atoms with E-state index in [1.54, 1.807) is 4.57 Å². The quantitative estimate of drug-likeness (QED) is 0.502. The molecule has 2 aromatic heterocycles. The molecule has 0 aliphatic carbocycles. The monoisotopic (exact) mass is 266 g/mol. The van der Waals surface area contributed by atoms with E-state index in [0.29, 0.717) is 11.2 Å². The first-order valence-corrected chi connectivity index (χ1v) is 5.78. The lowest BCUT2D eigenvalue weighted by atomic mass is 10.1. The SMILES string of the molecule is Nc1nc(N)c2ncn(C3CO[C@H](CO)[C@H]3O)c2n1. The molecule has 3 atom stereocenters. The maximum Gasteiger partial charge on any atom is 0.224 e. The van der Waals surface area contributed by atoms with Crippen molar-refractivity contribution in [2.45, 2.75) is 18.2 Å². The van der Waals surface area contributed by atoms with E-state index in [1.165, 1.54) is 6.33 Å². The van der Waals surface area contributed by atoms with E-state index in [4.69, 9.17) is 21.3 Å². The second-order valence-electron chi connectivity index (χ2n) is 4.40. The molecule has 3 heterocycles. The number of nitrogens with zero attached hydrogens (tertiary/aromatic N) is 4. The summed E-state index contributed by atoms with van der Waals surface area (Å²) in [6.45, 7) is 0.00518. The van der Waals surface area contributed by atoms with E-state index in [2.05, 4.69) is 15.0 Å². The summed E-state index contributed by atoms with van der Waals surface area (Å²) < 4.78 is 6.95. The second-order valence-corrected chi connectivity index (χ2v) is 4.40. The van der Waals surface area contributed by atoms with Crippen molar-refractivity contribution in [2.75, 3.05) is 24.7 Å². The van der Waals surface area contributed by atoms with Crippen LogP contribution in [0.25, 0.3) is 11.2 Å². The van der Waals surface area contributed by atoms with Crippen molar-refractivity contribution in [1.82, 2.24) is 19.5 Å². The first-order valence-electron chi connectivity index (χ1n) is 5.78. The highest BCUT2D eigenvalue weighted by Gasteiger charge is 2.37. The average Bonchev–Trinajstić information content (AvgIpc) is 2.92. The Hall–Kier alpha value is -1.97. The van der Waals surface area contributed by atoms with E-state index >= 15 is 0 Å². The molecule has 6 N–H and O–H groups in total. The van der Waals surface area contributed by atoms with Gasteiger partial charge in [0.1, 0.15) is 17.7 Å². The molecule has 1 saturated heterocycles. The summed E-state index contributed by atoms with van der Waals surface area (Å²) in [5, 5.41) is 19.2. The molecule has 0 radical (unpaired) electrons. The summed E-state index contributed by atoms with van der Waals surface area (Å²) in [7, 11) is 0. The fraction of sp³-hybridized carbons (Fsp3) is 0.500. The van der Waals surface area contributed by atoms with Crippen LogP contribution in [0, 0.1) is 0 Å². The lowest BCUT2D eigenvalue weighted by Gasteiger charge is -2.17. The summed E-state index contributed by atoms with van der Waals surface area (Å²) in [4.78, 5) is 12.0. The molecule has 0 amide bonds. The number of ether oxygens (including phenoxy) is 1. The molecule has 102 valence electrons. The molecule has 1 aliphatic rings. The van der Waals surface area contributed by atoms with Gasteiger partial charge in [-0.2, -0.15) is 9.97 Å². The van der Waals surface area contributed by atoms with E-state index in [1.807, 2.05) is 0 Å². The molecule has 3 rings (SSSR count). The molecule has 9 nitrogen and oxygen atoms in total. The summed E-state index contributed by atoms with van der Waals surface area (Å²) in [5.74, 6) is 0.229. The van der Waals surface area contributed by atoms with Gasteiger partial charge in [0.25, 0.3) is 0 Å². The molecule has 19 heavy (non-hydrogen) atoms. The number of fused-ring (bicyclic) bond motifs is 1. The van der Waals surface area contributed by atoms with Crippen molar-refractivity contribution in [3.8, 4) is 0 Å². The van der Waals surface area contributed by atoms with E-state index in [0.717, 1.165) is 0 Å². The third-order valence-corrected chi connectivity index (χ3v) is 3.26. The standard InChI is InChI=1S/C10H14N6O3/c11-8-6-9(15-10(12)14-8)16(3-13-6)4-2-19-5(1-17)7(4)18/h3-5,7,17-18H,1-2H2,(H4,11,12,14,15)/t4?,5-,7+/m1/s1. The van der Waals surface area contributed by atoms with E-state index in [9.17, 15) is 5.11 Å². The number of aromatic nitrogens is 4. The Labute approximate surface area is 107 Å². The summed E-state index contributed by atoms with van der Waals surface area (Å²) in [6.07, 6.45) is 0.0467. The maximum absolute atomic E-state index is 10.1. The number of imidazole rings is 1. The van der Waals surface area contributed by atoms with Gasteiger partial charge in [0.15, 0.2) is 11.5 Å². The number of nitrogen functional groups attached to an aromatic ring is 2. The van der Waals surface area contributed by atoms with Crippen molar-refractivity contribution < 1.29 is 14.9 Å². The van der Waals surface area contributed by atoms with Crippen LogP contribution in [0.2, 0.25) is 0 Å². The Balaban J connectivity index is 2.07. The summed E-state index contributed by atoms with van der Waals surface area (Å²) in [5.41, 5.74) is 12.1. The number of hydrogen-bond acceptors (Lipinski definition) is 8. The number of aliphatic hydroxyl groups is 2. The van der Waals surface area contributed by atoms with Gasteiger partial charge in [-0.25, -0.2) is 4.98 Å². The van der Waals surface area contributed by atoms with Gasteiger partial charge >= 0.3 is 0 Å². The average molecular weight is 266 g/mol. The number of anilines is 2. The molecule has 9 heteroatoms. The van der Waals surface area contributed by atoms with Crippen LogP contribution in [0.5, 0.6) is 0 Å². The molecule has 0 bridgehead atoms. The van der Waals surface area contributed by atoms with Gasteiger partial charge < -0.3 is 31.0 Å². The van der Waals surface area contributed by atoms with Gasteiger partial charge in [-0.05, 0) is 0 Å². The van der Waals surface area contributed by atoms with Gasteiger partial charge in [-0.1, -0.05) is 0 Å². The lowest BCUT2D eigenvalue weighted by molar-refractivity contribution is 0.00206. The van der Waals surface area contributed by atoms with Crippen LogP contribution in [0.15, 0.2) is 6.33 Å². The molecular formula is C10H14N6O3. The minimum atomic E-state index is -0.847. The zero-order valence-corrected chi connectivity index (χ0v) is 9.97. The highest BCUT2D eigenvalue weighted by atomic mass is 16.5. The number of aliphatic hydroxyl groups excluding tert-OH is 2. The molecule has 2 aromatic rings. The highest BCUT2D eigenvalue weighted by Crippen LogP contribution is 2.28. The predicted molar refractivity (Wildman–Crippen MR) is 66.0 cm³/mol. The lowest BCUT2D eigenvalue weighted by Crippen LogP contribution is -2.30. The fourth-order valence-corrected chi connectivity index (χ4v) is 2.27. The van der Waals surface area contributed by atoms with Gasteiger partial charge in [0, 0.05) is 0 Å². The van der Waals surface area contributed by atoms with Crippen molar-refractivity contribution in [2.24, 2.45) is 0 Å². The van der Waals surface area contributed by atoms with Crippen molar-refractivity contribution in [3.63, 3.8) is 0 Å². The van der Waals surface area contributed by atoms with Crippen LogP contribution >= 0.6 is 0 Å². The smallest absolute Gasteiger partial charge is 0.224 e. The predicted octanol–water partition coefficient (Wildman–Crippen LogP) is -1.72. The first kappa shape index (κ1) is 12.1. The maximum atomic E-state index is 10.1. The molecule has 1 aliphatic heterocycles. The Morgan fingerprint density at radius 2 is 2.21 bits per heavy atom. The van der Waals surface area contributed by atoms with Crippen molar-refractivity contribution >= 4 is 22.9 Å². The van der Waals surface area contributed by atoms with Crippen molar-refractivity contribution in [1.29, 1.82) is 0 Å². The number of nitrogens with two attached hydrogens (primary N) is 2. The highest BCUT2D eigenvalue weighted by molar-refractivity contribution is 5.82. The molecule has 0 aromatic carbocycles. The van der Waals surface area contributed by atoms with Crippen LogP contribution < -0.4 is 11.5 Å². The molecule has 0 spiro atoms. The van der Waals surface area contributed by atoms with Gasteiger partial charge in [-0.15, -0.1) is 0 Å². The van der Waals surface area contributed by atoms with Crippen LogP contribution in [0.4, 0.5) is 11.8 Å². The normalized spacial score (nSPS) is 27.2. The topological polar surface area (TPSA) is 145 Å². The molecular weight excluding hydrogens is 252 g/mol. The Bertz CT molecular complexity index is 615. The minimum absolute atomic E-state index is 0.0406. The molecule has 1 unspecified atom stereocenters. The summed E-state index contributed by atoms with van der Waals surface area (Å²) in [6, 6.07) is -0.393. The Kier molecular flexibility index (Phi) is 2.73. The zero-order valence-electron chi connectivity index (χ0n) is 9.97. The number of hydrogen-bond donors (Lipinski definition) is 4.